The minimum Gasteiger partial charge on any atom is -0.320 e. The third-order valence-corrected chi connectivity index (χ3v) is 2.56. The zero-order valence-electron chi connectivity index (χ0n) is 9.18. The van der Waals surface area contributed by atoms with E-state index in [9.17, 15) is 17.6 Å². The molecule has 0 fully saturated rings. The van der Waals surface area contributed by atoms with Gasteiger partial charge in [-0.1, -0.05) is 12.1 Å². The lowest BCUT2D eigenvalue weighted by molar-refractivity contribution is -0.120. The van der Waals surface area contributed by atoms with Crippen LogP contribution in [0.2, 0.25) is 0 Å². The number of hydrogen-bond acceptors (Lipinski definition) is 4. The van der Waals surface area contributed by atoms with Crippen molar-refractivity contribution >= 4 is 15.9 Å². The molecule has 0 saturated carbocycles. The number of rotatable bonds is 4. The average molecular weight is 260 g/mol. The van der Waals surface area contributed by atoms with Gasteiger partial charge in [0.1, 0.15) is 5.82 Å². The zero-order chi connectivity index (χ0) is 13.1. The smallest absolute Gasteiger partial charge is 0.250 e. The van der Waals surface area contributed by atoms with Crippen molar-refractivity contribution in [3.05, 3.63) is 35.6 Å². The predicted octanol–water partition coefficient (Wildman–Crippen LogP) is -0.229. The first-order chi connectivity index (χ1) is 7.78. The van der Waals surface area contributed by atoms with Crippen molar-refractivity contribution in [1.29, 1.82) is 0 Å². The lowest BCUT2D eigenvalue weighted by Crippen LogP contribution is -2.44. The molecular formula is C10H13FN2O3S. The maximum Gasteiger partial charge on any atom is 0.250 e. The van der Waals surface area contributed by atoms with Crippen molar-refractivity contribution in [3.63, 3.8) is 0 Å². The second-order valence-electron chi connectivity index (χ2n) is 3.68. The number of nitrogens with one attached hydrogen (secondary N) is 1. The third kappa shape index (κ3) is 4.92. The predicted molar refractivity (Wildman–Crippen MR) is 61.1 cm³/mol. The number of amides is 1. The Labute approximate surface area is 98.9 Å². The molecule has 0 heterocycles. The summed E-state index contributed by atoms with van der Waals surface area (Å²) in [6.45, 7) is 0. The average Bonchev–Trinajstić information content (AvgIpc) is 2.19. The van der Waals surface area contributed by atoms with Gasteiger partial charge in [0.2, 0.25) is 10.0 Å². The lowest BCUT2D eigenvalue weighted by atomic mass is 10.1. The van der Waals surface area contributed by atoms with Crippen molar-refractivity contribution in [2.75, 3.05) is 6.26 Å². The van der Waals surface area contributed by atoms with E-state index >= 15 is 0 Å². The molecule has 1 atom stereocenters. The number of halogens is 1. The van der Waals surface area contributed by atoms with Gasteiger partial charge in [-0.15, -0.1) is 0 Å². The molecular weight excluding hydrogens is 247 g/mol. The minimum absolute atomic E-state index is 0.141. The van der Waals surface area contributed by atoms with Gasteiger partial charge >= 0.3 is 0 Å². The van der Waals surface area contributed by atoms with Crippen LogP contribution in [0.1, 0.15) is 5.56 Å². The first-order valence-corrected chi connectivity index (χ1v) is 6.69. The molecule has 0 spiro atoms. The summed E-state index contributed by atoms with van der Waals surface area (Å²) in [5, 5.41) is 0. The maximum atomic E-state index is 12.6. The van der Waals surface area contributed by atoms with E-state index in [1.165, 1.54) is 24.3 Å². The number of benzene rings is 1. The number of carbonyl (C=O) groups is 1. The molecule has 17 heavy (non-hydrogen) atoms. The number of sulfonamides is 1. The highest BCUT2D eigenvalue weighted by Crippen LogP contribution is 2.05. The Hall–Kier alpha value is -1.47. The Morgan fingerprint density at radius 1 is 1.41 bits per heavy atom. The second kappa shape index (κ2) is 5.24. The largest absolute Gasteiger partial charge is 0.320 e. The van der Waals surface area contributed by atoms with Gasteiger partial charge in [-0.3, -0.25) is 9.52 Å². The van der Waals surface area contributed by atoms with Gasteiger partial charge < -0.3 is 5.73 Å². The molecule has 7 heteroatoms. The van der Waals surface area contributed by atoms with E-state index in [0.29, 0.717) is 5.56 Å². The van der Waals surface area contributed by atoms with Crippen LogP contribution in [-0.2, 0) is 21.2 Å². The first kappa shape index (κ1) is 13.6. The van der Waals surface area contributed by atoms with Crippen LogP contribution in [-0.4, -0.2) is 26.6 Å². The summed E-state index contributed by atoms with van der Waals surface area (Å²) < 4.78 is 36.0. The van der Waals surface area contributed by atoms with Gasteiger partial charge in [-0.25, -0.2) is 12.8 Å². The van der Waals surface area contributed by atoms with E-state index in [-0.39, 0.29) is 12.2 Å². The van der Waals surface area contributed by atoms with Crippen LogP contribution in [0.15, 0.2) is 24.3 Å². The molecule has 0 saturated heterocycles. The molecule has 94 valence electrons. The Bertz CT molecular complexity index is 499. The van der Waals surface area contributed by atoms with Gasteiger partial charge in [-0.05, 0) is 24.1 Å². The van der Waals surface area contributed by atoms with Crippen LogP contribution in [0, 0.1) is 5.82 Å². The normalized spacial score (nSPS) is 13.1. The molecule has 0 aliphatic heterocycles. The highest BCUT2D eigenvalue weighted by Gasteiger charge is 2.17. The van der Waals surface area contributed by atoms with Crippen LogP contribution < -0.4 is 10.5 Å². The van der Waals surface area contributed by atoms with Gasteiger partial charge in [-0.2, -0.15) is 0 Å². The van der Waals surface area contributed by atoms with Gasteiger partial charge in [0, 0.05) is 0 Å². The molecule has 0 aromatic heterocycles. The molecule has 0 radical (unpaired) electrons. The fourth-order valence-corrected chi connectivity index (χ4v) is 1.74. The third-order valence-electron chi connectivity index (χ3n) is 1.99. The van der Waals surface area contributed by atoms with Gasteiger partial charge in [0.05, 0.1) is 12.3 Å². The Morgan fingerprint density at radius 2 is 1.94 bits per heavy atom. The topological polar surface area (TPSA) is 89.3 Å². The second-order valence-corrected chi connectivity index (χ2v) is 5.42. The molecule has 1 rings (SSSR count). The lowest BCUT2D eigenvalue weighted by Gasteiger charge is -2.10. The van der Waals surface area contributed by atoms with Gasteiger partial charge in [0.25, 0.3) is 5.91 Å². The SMILES string of the molecule is CS(=O)(=O)NC(=O)[C@H](N)Cc1ccc(F)cc1. The van der Waals surface area contributed by atoms with E-state index < -0.39 is 22.0 Å². The maximum absolute atomic E-state index is 12.6. The molecule has 0 aliphatic carbocycles. The van der Waals surface area contributed by atoms with Crippen LogP contribution in [0.4, 0.5) is 4.39 Å². The van der Waals surface area contributed by atoms with E-state index in [4.69, 9.17) is 5.73 Å². The Morgan fingerprint density at radius 3 is 2.41 bits per heavy atom. The molecule has 0 bridgehead atoms. The summed E-state index contributed by atoms with van der Waals surface area (Å²) >= 11 is 0. The van der Waals surface area contributed by atoms with Gasteiger partial charge in [0.15, 0.2) is 0 Å². The van der Waals surface area contributed by atoms with Crippen molar-refractivity contribution in [2.24, 2.45) is 5.73 Å². The molecule has 3 N–H and O–H groups in total. The summed E-state index contributed by atoms with van der Waals surface area (Å²) in [6, 6.07) is 4.48. The molecule has 1 aromatic rings. The molecule has 1 aromatic carbocycles. The standard InChI is InChI=1S/C10H13FN2O3S/c1-17(15,16)13-10(14)9(12)6-7-2-4-8(11)5-3-7/h2-5,9H,6,12H2,1H3,(H,13,14)/t9-/m1/s1. The fraction of sp³-hybridized carbons (Fsp3) is 0.300. The monoisotopic (exact) mass is 260 g/mol. The zero-order valence-corrected chi connectivity index (χ0v) is 10.00. The summed E-state index contributed by atoms with van der Waals surface area (Å²) in [5.74, 6) is -1.17. The number of hydrogen-bond donors (Lipinski definition) is 2. The van der Waals surface area contributed by atoms with Crippen molar-refractivity contribution in [2.45, 2.75) is 12.5 Å². The Kier molecular flexibility index (Phi) is 4.19. The summed E-state index contributed by atoms with van der Waals surface area (Å²) in [7, 11) is -3.61. The highest BCUT2D eigenvalue weighted by molar-refractivity contribution is 7.89. The first-order valence-electron chi connectivity index (χ1n) is 4.79. The molecule has 0 aliphatic rings. The molecule has 5 nitrogen and oxygen atoms in total. The van der Waals surface area contributed by atoms with Crippen LogP contribution in [0.3, 0.4) is 0 Å². The van der Waals surface area contributed by atoms with Crippen LogP contribution >= 0.6 is 0 Å². The van der Waals surface area contributed by atoms with Crippen LogP contribution in [0.25, 0.3) is 0 Å². The van der Waals surface area contributed by atoms with E-state index in [1.54, 1.807) is 4.72 Å². The quantitative estimate of drug-likeness (QED) is 0.782. The molecule has 1 amide bonds. The minimum atomic E-state index is -3.61. The number of nitrogens with two attached hydrogens (primary N) is 1. The van der Waals surface area contributed by atoms with Crippen molar-refractivity contribution in [3.8, 4) is 0 Å². The number of carbonyl (C=O) groups excluding carboxylic acids is 1. The summed E-state index contributed by atoms with van der Waals surface area (Å²) in [4.78, 5) is 11.3. The summed E-state index contributed by atoms with van der Waals surface area (Å²) in [5.41, 5.74) is 6.18. The van der Waals surface area contributed by atoms with E-state index in [2.05, 4.69) is 0 Å². The Balaban J connectivity index is 2.63. The van der Waals surface area contributed by atoms with E-state index in [0.717, 1.165) is 6.26 Å². The summed E-state index contributed by atoms with van der Waals surface area (Å²) in [6.07, 6.45) is 1.01. The van der Waals surface area contributed by atoms with E-state index in [1.807, 2.05) is 0 Å². The highest BCUT2D eigenvalue weighted by atomic mass is 32.2. The molecule has 0 unspecified atom stereocenters. The fourth-order valence-electron chi connectivity index (χ4n) is 1.23. The van der Waals surface area contributed by atoms with Crippen LogP contribution in [0.5, 0.6) is 0 Å². The van der Waals surface area contributed by atoms with Crippen molar-refractivity contribution < 1.29 is 17.6 Å². The van der Waals surface area contributed by atoms with Crippen molar-refractivity contribution in [1.82, 2.24) is 4.72 Å².